The van der Waals surface area contributed by atoms with Crippen LogP contribution >= 0.6 is 0 Å². The highest BCUT2D eigenvalue weighted by Crippen LogP contribution is 2.30. The van der Waals surface area contributed by atoms with E-state index in [2.05, 4.69) is 36.5 Å². The summed E-state index contributed by atoms with van der Waals surface area (Å²) in [5, 5.41) is 3.16. The molecule has 0 saturated carbocycles. The van der Waals surface area contributed by atoms with Crippen molar-refractivity contribution in [2.24, 2.45) is 0 Å². The van der Waals surface area contributed by atoms with Gasteiger partial charge in [0.25, 0.3) is 0 Å². The zero-order valence-electron chi connectivity index (χ0n) is 10.5. The van der Waals surface area contributed by atoms with Crippen molar-refractivity contribution in [1.29, 1.82) is 0 Å². The minimum absolute atomic E-state index is 0.208. The summed E-state index contributed by atoms with van der Waals surface area (Å²) in [5.41, 5.74) is 2.71. The first-order valence-electron chi connectivity index (χ1n) is 6.68. The molecule has 1 N–H and O–H groups in total. The van der Waals surface area contributed by atoms with E-state index in [4.69, 9.17) is 0 Å². The van der Waals surface area contributed by atoms with Gasteiger partial charge in [0, 0.05) is 6.42 Å². The van der Waals surface area contributed by atoms with Gasteiger partial charge in [-0.25, -0.2) is 0 Å². The van der Waals surface area contributed by atoms with Crippen LogP contribution in [-0.2, 0) is 11.2 Å². The van der Waals surface area contributed by atoms with Crippen molar-refractivity contribution in [1.82, 2.24) is 5.32 Å². The van der Waals surface area contributed by atoms with Gasteiger partial charge in [-0.15, -0.1) is 0 Å². The number of hydrogen-bond acceptors (Lipinski definition) is 1. The van der Waals surface area contributed by atoms with Gasteiger partial charge in [-0.3, -0.25) is 4.79 Å². The molecule has 1 aromatic carbocycles. The fourth-order valence-electron chi connectivity index (χ4n) is 2.51. The summed E-state index contributed by atoms with van der Waals surface area (Å²) >= 11 is 0. The molecule has 1 unspecified atom stereocenters. The largest absolute Gasteiger partial charge is 0.349 e. The summed E-state index contributed by atoms with van der Waals surface area (Å²) < 4.78 is 0. The number of amides is 1. The van der Waals surface area contributed by atoms with Crippen molar-refractivity contribution in [3.8, 4) is 0 Å². The molecule has 1 aliphatic rings. The van der Waals surface area contributed by atoms with E-state index in [0.29, 0.717) is 6.42 Å². The maximum Gasteiger partial charge on any atom is 0.220 e. The van der Waals surface area contributed by atoms with E-state index in [-0.39, 0.29) is 11.9 Å². The molecule has 0 aromatic heterocycles. The topological polar surface area (TPSA) is 29.1 Å². The third-order valence-corrected chi connectivity index (χ3v) is 3.48. The Balaban J connectivity index is 1.87. The van der Waals surface area contributed by atoms with Gasteiger partial charge in [-0.2, -0.15) is 0 Å². The monoisotopic (exact) mass is 231 g/mol. The van der Waals surface area contributed by atoms with E-state index in [9.17, 15) is 4.79 Å². The summed E-state index contributed by atoms with van der Waals surface area (Å²) in [7, 11) is 0. The molecule has 1 amide bonds. The molecule has 0 spiro atoms. The molecule has 2 nitrogen and oxygen atoms in total. The number of fused-ring (bicyclic) bond motifs is 1. The van der Waals surface area contributed by atoms with Crippen LogP contribution in [0, 0.1) is 0 Å². The van der Waals surface area contributed by atoms with Crippen LogP contribution in [0.25, 0.3) is 0 Å². The van der Waals surface area contributed by atoms with Gasteiger partial charge >= 0.3 is 0 Å². The second-order valence-electron chi connectivity index (χ2n) is 4.81. The Morgan fingerprint density at radius 2 is 2.18 bits per heavy atom. The normalized spacial score (nSPS) is 17.8. The van der Waals surface area contributed by atoms with Crippen LogP contribution in [0.1, 0.15) is 56.2 Å². The second kappa shape index (κ2) is 5.85. The van der Waals surface area contributed by atoms with Crippen molar-refractivity contribution in [3.63, 3.8) is 0 Å². The van der Waals surface area contributed by atoms with E-state index >= 15 is 0 Å². The predicted molar refractivity (Wildman–Crippen MR) is 69.8 cm³/mol. The first-order valence-corrected chi connectivity index (χ1v) is 6.68. The van der Waals surface area contributed by atoms with Crippen LogP contribution in [-0.4, -0.2) is 5.91 Å². The van der Waals surface area contributed by atoms with Crippen molar-refractivity contribution in [3.05, 3.63) is 35.4 Å². The van der Waals surface area contributed by atoms with Gasteiger partial charge in [-0.05, 0) is 30.4 Å². The average Bonchev–Trinajstić information content (AvgIpc) is 2.73. The van der Waals surface area contributed by atoms with Gasteiger partial charge in [-0.1, -0.05) is 44.0 Å². The minimum Gasteiger partial charge on any atom is -0.349 e. The number of carbonyl (C=O) groups is 1. The molecule has 2 rings (SSSR count). The number of aryl methyl sites for hydroxylation is 1. The lowest BCUT2D eigenvalue weighted by molar-refractivity contribution is -0.121. The van der Waals surface area contributed by atoms with Crippen molar-refractivity contribution in [2.45, 2.75) is 51.5 Å². The molecule has 0 aliphatic heterocycles. The molecular formula is C15H21NO. The van der Waals surface area contributed by atoms with Crippen LogP contribution < -0.4 is 5.32 Å². The fraction of sp³-hybridized carbons (Fsp3) is 0.533. The SMILES string of the molecule is CCCCCC(=O)NC1CCc2ccccc21. The van der Waals surface area contributed by atoms with E-state index in [1.807, 2.05) is 0 Å². The van der Waals surface area contributed by atoms with Gasteiger partial charge in [0.2, 0.25) is 5.91 Å². The first-order chi connectivity index (χ1) is 8.31. The second-order valence-corrected chi connectivity index (χ2v) is 4.81. The van der Waals surface area contributed by atoms with Crippen LogP contribution in [0.15, 0.2) is 24.3 Å². The number of benzene rings is 1. The lowest BCUT2D eigenvalue weighted by Crippen LogP contribution is -2.26. The van der Waals surface area contributed by atoms with Crippen molar-refractivity contribution in [2.75, 3.05) is 0 Å². The fourth-order valence-corrected chi connectivity index (χ4v) is 2.51. The molecule has 1 aliphatic carbocycles. The molecular weight excluding hydrogens is 210 g/mol. The highest BCUT2D eigenvalue weighted by molar-refractivity contribution is 5.76. The Morgan fingerprint density at radius 1 is 1.35 bits per heavy atom. The Bertz CT molecular complexity index is 386. The summed E-state index contributed by atoms with van der Waals surface area (Å²) in [6, 6.07) is 8.68. The van der Waals surface area contributed by atoms with Gasteiger partial charge < -0.3 is 5.32 Å². The van der Waals surface area contributed by atoms with E-state index in [0.717, 1.165) is 25.7 Å². The standard InChI is InChI=1S/C15H21NO/c1-2-3-4-9-15(17)16-14-11-10-12-7-5-6-8-13(12)14/h5-8,14H,2-4,9-11H2,1H3,(H,16,17). The lowest BCUT2D eigenvalue weighted by atomic mass is 10.1. The smallest absolute Gasteiger partial charge is 0.220 e. The van der Waals surface area contributed by atoms with Crippen molar-refractivity contribution >= 4 is 5.91 Å². The maximum atomic E-state index is 11.8. The first kappa shape index (κ1) is 12.2. The van der Waals surface area contributed by atoms with Gasteiger partial charge in [0.15, 0.2) is 0 Å². The minimum atomic E-state index is 0.208. The zero-order valence-corrected chi connectivity index (χ0v) is 10.5. The molecule has 0 saturated heterocycles. The molecule has 0 heterocycles. The number of nitrogens with one attached hydrogen (secondary N) is 1. The zero-order chi connectivity index (χ0) is 12.1. The molecule has 17 heavy (non-hydrogen) atoms. The molecule has 0 bridgehead atoms. The Morgan fingerprint density at radius 3 is 3.00 bits per heavy atom. The van der Waals surface area contributed by atoms with Gasteiger partial charge in [0.05, 0.1) is 6.04 Å². The summed E-state index contributed by atoms with van der Waals surface area (Å²) in [5.74, 6) is 0.208. The third kappa shape index (κ3) is 3.09. The van der Waals surface area contributed by atoms with Crippen LogP contribution in [0.4, 0.5) is 0 Å². The average molecular weight is 231 g/mol. The highest BCUT2D eigenvalue weighted by Gasteiger charge is 2.22. The number of unbranched alkanes of at least 4 members (excludes halogenated alkanes) is 2. The van der Waals surface area contributed by atoms with Crippen molar-refractivity contribution < 1.29 is 4.79 Å². The lowest BCUT2D eigenvalue weighted by Gasteiger charge is -2.13. The predicted octanol–water partition coefficient (Wildman–Crippen LogP) is 3.37. The molecule has 0 fully saturated rings. The molecule has 0 radical (unpaired) electrons. The van der Waals surface area contributed by atoms with Crippen LogP contribution in [0.5, 0.6) is 0 Å². The van der Waals surface area contributed by atoms with Crippen LogP contribution in [0.2, 0.25) is 0 Å². The number of rotatable bonds is 5. The summed E-state index contributed by atoms with van der Waals surface area (Å²) in [6.45, 7) is 2.16. The summed E-state index contributed by atoms with van der Waals surface area (Å²) in [4.78, 5) is 11.8. The Hall–Kier alpha value is -1.31. The molecule has 1 aromatic rings. The van der Waals surface area contributed by atoms with E-state index in [1.54, 1.807) is 0 Å². The Kier molecular flexibility index (Phi) is 4.18. The summed E-state index contributed by atoms with van der Waals surface area (Å²) in [6.07, 6.45) is 6.15. The molecule has 2 heteroatoms. The number of carbonyl (C=O) groups excluding carboxylic acids is 1. The third-order valence-electron chi connectivity index (χ3n) is 3.48. The van der Waals surface area contributed by atoms with E-state index < -0.39 is 0 Å². The van der Waals surface area contributed by atoms with Gasteiger partial charge in [0.1, 0.15) is 0 Å². The Labute approximate surface area is 103 Å². The molecule has 1 atom stereocenters. The van der Waals surface area contributed by atoms with E-state index in [1.165, 1.54) is 17.5 Å². The quantitative estimate of drug-likeness (QED) is 0.773. The van der Waals surface area contributed by atoms with Crippen LogP contribution in [0.3, 0.4) is 0 Å². The number of hydrogen-bond donors (Lipinski definition) is 1. The molecule has 92 valence electrons. The highest BCUT2D eigenvalue weighted by atomic mass is 16.1. The maximum absolute atomic E-state index is 11.8.